The van der Waals surface area contributed by atoms with Crippen molar-refractivity contribution in [2.75, 3.05) is 23.3 Å². The van der Waals surface area contributed by atoms with E-state index < -0.39 is 41.8 Å². The molecule has 2 aliphatic rings. The van der Waals surface area contributed by atoms with E-state index in [2.05, 4.69) is 36.9 Å². The molecule has 1 aromatic heterocycles. The molecule has 242 valence electrons. The Labute approximate surface area is 282 Å². The summed E-state index contributed by atoms with van der Waals surface area (Å²) in [6.45, 7) is 1.63. The van der Waals surface area contributed by atoms with Gasteiger partial charge >= 0.3 is 6.03 Å². The van der Waals surface area contributed by atoms with Gasteiger partial charge in [0.2, 0.25) is 5.91 Å². The van der Waals surface area contributed by atoms with Crippen LogP contribution in [0.4, 0.5) is 20.6 Å². The lowest BCUT2D eigenvalue weighted by atomic mass is 9.90. The number of piperidine rings is 1. The van der Waals surface area contributed by atoms with Crippen LogP contribution in [0.5, 0.6) is 0 Å². The predicted molar refractivity (Wildman–Crippen MR) is 180 cm³/mol. The number of benzene rings is 4. The number of halogens is 2. The van der Waals surface area contributed by atoms with Gasteiger partial charge in [0, 0.05) is 28.0 Å². The van der Waals surface area contributed by atoms with Crippen molar-refractivity contribution in [2.45, 2.75) is 31.3 Å². The van der Waals surface area contributed by atoms with E-state index in [4.69, 9.17) is 0 Å². The Morgan fingerprint density at radius 3 is 2.58 bits per heavy atom. The average molecular weight is 711 g/mol. The van der Waals surface area contributed by atoms with Gasteiger partial charge in [0.25, 0.3) is 11.8 Å². The van der Waals surface area contributed by atoms with Gasteiger partial charge < -0.3 is 15.5 Å². The first-order valence-electron chi connectivity index (χ1n) is 15.3. The number of anilines is 2. The van der Waals surface area contributed by atoms with E-state index in [9.17, 15) is 19.2 Å². The van der Waals surface area contributed by atoms with Crippen molar-refractivity contribution < 1.29 is 23.6 Å². The Morgan fingerprint density at radius 2 is 1.79 bits per heavy atom. The number of hydrogen-bond donors (Lipinski definition) is 2. The monoisotopic (exact) mass is 709 g/mol. The van der Waals surface area contributed by atoms with E-state index in [1.54, 1.807) is 17.9 Å². The maximum absolute atomic E-state index is 15.0. The van der Waals surface area contributed by atoms with Gasteiger partial charge in [-0.3, -0.25) is 19.3 Å². The van der Waals surface area contributed by atoms with Crippen molar-refractivity contribution in [2.24, 2.45) is 0 Å². The van der Waals surface area contributed by atoms with Gasteiger partial charge in [0.05, 0.1) is 6.20 Å². The highest BCUT2D eigenvalue weighted by molar-refractivity contribution is 9.10. The summed E-state index contributed by atoms with van der Waals surface area (Å²) in [5.74, 6) is -1.96. The highest BCUT2D eigenvalue weighted by Crippen LogP contribution is 2.32. The number of amides is 5. The summed E-state index contributed by atoms with van der Waals surface area (Å²) >= 11 is 3.41. The summed E-state index contributed by atoms with van der Waals surface area (Å²) in [4.78, 5) is 55.4. The molecule has 0 radical (unpaired) electrons. The Morgan fingerprint density at radius 1 is 1.02 bits per heavy atom. The molecule has 5 aromatic rings. The van der Waals surface area contributed by atoms with Crippen LogP contribution in [0.25, 0.3) is 22.0 Å². The molecular weight excluding hydrogens is 681 g/mol. The quantitative estimate of drug-likeness (QED) is 0.206. The maximum Gasteiger partial charge on any atom is 0.325 e. The lowest BCUT2D eigenvalue weighted by molar-refractivity contribution is -0.133. The zero-order chi connectivity index (χ0) is 33.6. The number of fused-ring (bicyclic) bond motifs is 1. The van der Waals surface area contributed by atoms with Crippen molar-refractivity contribution in [3.05, 3.63) is 107 Å². The Bertz CT molecular complexity index is 2100. The Kier molecular flexibility index (Phi) is 7.99. The Balaban J connectivity index is 1.05. The van der Waals surface area contributed by atoms with Gasteiger partial charge in [-0.05, 0) is 84.6 Å². The van der Waals surface area contributed by atoms with E-state index in [1.807, 2.05) is 60.7 Å². The topological polar surface area (TPSA) is 130 Å². The predicted octanol–water partition coefficient (Wildman–Crippen LogP) is 5.77. The summed E-state index contributed by atoms with van der Waals surface area (Å²) in [7, 11) is 0. The molecule has 7 rings (SSSR count). The normalized spacial score (nSPS) is 19.6. The summed E-state index contributed by atoms with van der Waals surface area (Å²) < 4.78 is 17.4. The van der Waals surface area contributed by atoms with Crippen molar-refractivity contribution in [1.82, 2.24) is 25.2 Å². The molecule has 2 saturated heterocycles. The number of carbonyl (C=O) groups is 4. The first-order valence-corrected chi connectivity index (χ1v) is 16.1. The van der Waals surface area contributed by atoms with Crippen molar-refractivity contribution in [3.8, 4) is 11.3 Å². The van der Waals surface area contributed by atoms with Crippen LogP contribution in [0, 0.1) is 5.82 Å². The van der Waals surface area contributed by atoms with E-state index in [0.717, 1.165) is 32.3 Å². The number of urea groups is 1. The smallest absolute Gasteiger partial charge is 0.325 e. The zero-order valence-electron chi connectivity index (χ0n) is 25.7. The number of carbonyl (C=O) groups excluding carboxylic acids is 4. The van der Waals surface area contributed by atoms with Gasteiger partial charge in [-0.2, -0.15) is 0 Å². The molecule has 2 fully saturated rings. The number of nitrogens with one attached hydrogen (secondary N) is 2. The van der Waals surface area contributed by atoms with Crippen LogP contribution in [0.2, 0.25) is 0 Å². The fourth-order valence-electron chi connectivity index (χ4n) is 6.21. The molecule has 0 saturated carbocycles. The highest BCUT2D eigenvalue weighted by Gasteiger charge is 2.49. The summed E-state index contributed by atoms with van der Waals surface area (Å²) in [6.07, 6.45) is 2.81. The lowest BCUT2D eigenvalue weighted by Gasteiger charge is -2.32. The molecule has 11 nitrogen and oxygen atoms in total. The largest absolute Gasteiger partial charge is 0.325 e. The van der Waals surface area contributed by atoms with E-state index in [0.29, 0.717) is 18.5 Å². The average Bonchev–Trinajstić information content (AvgIpc) is 3.65. The minimum Gasteiger partial charge on any atom is -0.325 e. The standard InChI is InChI=1S/C35H29BrFN7O4/c1-35(23-9-8-21-5-2-3-6-22(21)17-23)33(47)43(34(48)39-35)20-31(45)38-25-12-15-28(37)27(18-25)29-19-44(41-40-29)30-7-4-16-42(32(30)46)26-13-10-24(36)11-14-26/h2-3,5-6,8-15,17-19,30H,4,7,16,20H2,1H3,(H,38,45)(H,39,48). The Hall–Kier alpha value is -5.43. The van der Waals surface area contributed by atoms with Crippen molar-refractivity contribution in [1.29, 1.82) is 0 Å². The third kappa shape index (κ3) is 5.70. The third-order valence-electron chi connectivity index (χ3n) is 8.81. The van der Waals surface area contributed by atoms with Gasteiger partial charge in [-0.1, -0.05) is 57.5 Å². The van der Waals surface area contributed by atoms with Crippen LogP contribution in [-0.4, -0.2) is 56.7 Å². The molecule has 3 heterocycles. The highest BCUT2D eigenvalue weighted by atomic mass is 79.9. The molecule has 2 aliphatic heterocycles. The number of hydrogen-bond acceptors (Lipinski definition) is 6. The molecule has 48 heavy (non-hydrogen) atoms. The SMILES string of the molecule is CC1(c2ccc3ccccc3c2)NC(=O)N(CC(=O)Nc2ccc(F)c(-c3cn(C4CCCN(c5ccc(Br)cc5)C4=O)nn3)c2)C1=O. The first-order chi connectivity index (χ1) is 23.1. The van der Waals surface area contributed by atoms with Crippen molar-refractivity contribution in [3.63, 3.8) is 0 Å². The molecule has 2 atom stereocenters. The van der Waals surface area contributed by atoms with Crippen LogP contribution < -0.4 is 15.5 Å². The molecule has 2 unspecified atom stereocenters. The number of imide groups is 1. The number of nitrogens with zero attached hydrogens (tertiary/aromatic N) is 5. The zero-order valence-corrected chi connectivity index (χ0v) is 27.3. The molecule has 4 aromatic carbocycles. The second-order valence-corrected chi connectivity index (χ2v) is 12.9. The van der Waals surface area contributed by atoms with E-state index >= 15 is 4.39 Å². The number of aromatic nitrogens is 3. The van der Waals surface area contributed by atoms with Gasteiger partial charge in [0.15, 0.2) is 0 Å². The molecule has 0 bridgehead atoms. The van der Waals surface area contributed by atoms with E-state index in [1.165, 1.54) is 29.1 Å². The molecule has 5 amide bonds. The molecular formula is C35H29BrFN7O4. The summed E-state index contributed by atoms with van der Waals surface area (Å²) in [5.41, 5.74) is 0.475. The lowest BCUT2D eigenvalue weighted by Crippen LogP contribution is -2.42. The third-order valence-corrected chi connectivity index (χ3v) is 9.34. The van der Waals surface area contributed by atoms with Crippen molar-refractivity contribution >= 4 is 61.8 Å². The minimum absolute atomic E-state index is 0.0611. The van der Waals surface area contributed by atoms with Crippen LogP contribution >= 0.6 is 15.9 Å². The number of rotatable bonds is 7. The summed E-state index contributed by atoms with van der Waals surface area (Å²) in [5, 5.41) is 15.6. The van der Waals surface area contributed by atoms with Gasteiger partial charge in [-0.15, -0.1) is 5.10 Å². The van der Waals surface area contributed by atoms with Crippen LogP contribution in [0.1, 0.15) is 31.4 Å². The van der Waals surface area contributed by atoms with Crippen LogP contribution in [0.15, 0.2) is 95.6 Å². The van der Waals surface area contributed by atoms with Gasteiger partial charge in [-0.25, -0.2) is 13.9 Å². The molecule has 2 N–H and O–H groups in total. The second kappa shape index (κ2) is 12.3. The first kappa shape index (κ1) is 31.2. The summed E-state index contributed by atoms with van der Waals surface area (Å²) in [6, 6.07) is 23.3. The second-order valence-electron chi connectivity index (χ2n) is 12.0. The van der Waals surface area contributed by atoms with Gasteiger partial charge in [0.1, 0.15) is 29.6 Å². The maximum atomic E-state index is 15.0. The molecule has 0 spiro atoms. The molecule has 0 aliphatic carbocycles. The van der Waals surface area contributed by atoms with E-state index in [-0.39, 0.29) is 22.9 Å². The minimum atomic E-state index is -1.36. The molecule has 13 heteroatoms. The van der Waals surface area contributed by atoms with Crippen LogP contribution in [0.3, 0.4) is 0 Å². The van der Waals surface area contributed by atoms with Crippen LogP contribution in [-0.2, 0) is 19.9 Å². The fraction of sp³-hybridized carbons (Fsp3) is 0.200. The fourth-order valence-corrected chi connectivity index (χ4v) is 6.48.